The molecule has 2 nitrogen and oxygen atoms in total. The zero-order valence-corrected chi connectivity index (χ0v) is 11.6. The molecule has 0 aromatic heterocycles. The second-order valence-corrected chi connectivity index (χ2v) is 5.92. The molecular weight excluding hydrogens is 200 g/mol. The maximum Gasteiger partial charge on any atom is 0.112 e. The Kier molecular flexibility index (Phi) is 6.07. The third-order valence-corrected chi connectivity index (χ3v) is 2.70. The lowest BCUT2D eigenvalue weighted by Crippen LogP contribution is -2.40. The van der Waals surface area contributed by atoms with Crippen LogP contribution in [0, 0.1) is 23.2 Å². The minimum Gasteiger partial charge on any atom is -0.251 e. The molecule has 0 rings (SSSR count). The summed E-state index contributed by atoms with van der Waals surface area (Å²) in [5, 5.41) is 8.96. The number of hydrogen-bond donors (Lipinski definition) is 1. The fourth-order valence-corrected chi connectivity index (χ4v) is 1.93. The summed E-state index contributed by atoms with van der Waals surface area (Å²) in [4.78, 5) is 4.58. The topological polar surface area (TPSA) is 29.5 Å². The van der Waals surface area contributed by atoms with Crippen LogP contribution in [0.1, 0.15) is 60.8 Å². The molecular formula is C14H26O2. The molecule has 1 unspecified atom stereocenters. The molecule has 0 heterocycles. The van der Waals surface area contributed by atoms with Gasteiger partial charge >= 0.3 is 0 Å². The first-order chi connectivity index (χ1) is 7.25. The van der Waals surface area contributed by atoms with Crippen molar-refractivity contribution in [3.8, 4) is 11.8 Å². The third-order valence-electron chi connectivity index (χ3n) is 2.70. The van der Waals surface area contributed by atoms with Crippen molar-refractivity contribution < 1.29 is 10.1 Å². The van der Waals surface area contributed by atoms with Gasteiger partial charge in [0.1, 0.15) is 5.60 Å². The van der Waals surface area contributed by atoms with Crippen molar-refractivity contribution in [3.63, 3.8) is 0 Å². The summed E-state index contributed by atoms with van der Waals surface area (Å²) in [6, 6.07) is 0. The van der Waals surface area contributed by atoms with E-state index in [4.69, 9.17) is 5.26 Å². The molecule has 0 bridgehead atoms. The Morgan fingerprint density at radius 3 is 2.12 bits per heavy atom. The molecule has 0 spiro atoms. The maximum absolute atomic E-state index is 8.96. The van der Waals surface area contributed by atoms with Crippen LogP contribution in [-0.2, 0) is 4.89 Å². The highest BCUT2D eigenvalue weighted by Gasteiger charge is 2.38. The largest absolute Gasteiger partial charge is 0.251 e. The van der Waals surface area contributed by atoms with Crippen molar-refractivity contribution >= 4 is 0 Å². The van der Waals surface area contributed by atoms with E-state index in [1.165, 1.54) is 0 Å². The van der Waals surface area contributed by atoms with Gasteiger partial charge in [-0.15, -0.1) is 5.92 Å². The van der Waals surface area contributed by atoms with Crippen LogP contribution in [0.4, 0.5) is 0 Å². The smallest absolute Gasteiger partial charge is 0.112 e. The van der Waals surface area contributed by atoms with Crippen LogP contribution in [0.2, 0.25) is 0 Å². The first kappa shape index (κ1) is 15.5. The number of rotatable bonds is 4. The molecule has 94 valence electrons. The predicted molar refractivity (Wildman–Crippen MR) is 68.0 cm³/mol. The second kappa shape index (κ2) is 6.27. The van der Waals surface area contributed by atoms with Crippen LogP contribution in [0.5, 0.6) is 0 Å². The van der Waals surface area contributed by atoms with Crippen molar-refractivity contribution in [2.24, 2.45) is 11.3 Å². The van der Waals surface area contributed by atoms with Crippen molar-refractivity contribution in [3.05, 3.63) is 0 Å². The van der Waals surface area contributed by atoms with E-state index in [0.717, 1.165) is 19.3 Å². The van der Waals surface area contributed by atoms with E-state index in [2.05, 4.69) is 44.4 Å². The molecule has 0 aliphatic heterocycles. The van der Waals surface area contributed by atoms with Crippen LogP contribution < -0.4 is 0 Å². The average molecular weight is 226 g/mol. The summed E-state index contributed by atoms with van der Waals surface area (Å²) in [5.74, 6) is 6.46. The lowest BCUT2D eigenvalue weighted by molar-refractivity contribution is -0.327. The molecule has 0 saturated carbocycles. The Hall–Kier alpha value is -0.520. The summed E-state index contributed by atoms with van der Waals surface area (Å²) in [6.45, 7) is 12.3. The van der Waals surface area contributed by atoms with E-state index < -0.39 is 5.60 Å². The Morgan fingerprint density at radius 2 is 1.75 bits per heavy atom. The molecule has 0 aromatic carbocycles. The molecule has 0 amide bonds. The normalized spacial score (nSPS) is 14.2. The number of hydrogen-bond acceptors (Lipinski definition) is 2. The zero-order valence-electron chi connectivity index (χ0n) is 11.6. The van der Waals surface area contributed by atoms with Crippen molar-refractivity contribution in [1.82, 2.24) is 0 Å². The van der Waals surface area contributed by atoms with Crippen LogP contribution >= 0.6 is 0 Å². The summed E-state index contributed by atoms with van der Waals surface area (Å²) < 4.78 is 0. The van der Waals surface area contributed by atoms with E-state index in [1.807, 2.05) is 13.8 Å². The summed E-state index contributed by atoms with van der Waals surface area (Å²) in [6.07, 6.45) is 3.21. The molecule has 0 aliphatic carbocycles. The summed E-state index contributed by atoms with van der Waals surface area (Å²) in [5.41, 5.74) is -0.636. The van der Waals surface area contributed by atoms with Gasteiger partial charge in [0.2, 0.25) is 0 Å². The predicted octanol–water partition coefficient (Wildman–Crippen LogP) is 4.11. The summed E-state index contributed by atoms with van der Waals surface area (Å²) >= 11 is 0. The molecule has 0 radical (unpaired) electrons. The highest BCUT2D eigenvalue weighted by molar-refractivity contribution is 5.12. The lowest BCUT2D eigenvalue weighted by atomic mass is 9.72. The van der Waals surface area contributed by atoms with E-state index >= 15 is 0 Å². The van der Waals surface area contributed by atoms with Gasteiger partial charge in [0.15, 0.2) is 0 Å². The maximum atomic E-state index is 8.96. The fourth-order valence-electron chi connectivity index (χ4n) is 1.93. The SMILES string of the molecule is CCCCC#CC(C(C)(C)C)C(C)(C)OO. The van der Waals surface area contributed by atoms with Gasteiger partial charge in [0, 0.05) is 6.42 Å². The highest BCUT2D eigenvalue weighted by atomic mass is 17.1. The van der Waals surface area contributed by atoms with Gasteiger partial charge in [-0.1, -0.05) is 40.0 Å². The second-order valence-electron chi connectivity index (χ2n) is 5.92. The molecule has 1 atom stereocenters. The summed E-state index contributed by atoms with van der Waals surface area (Å²) in [7, 11) is 0. The van der Waals surface area contributed by atoms with E-state index in [9.17, 15) is 0 Å². The van der Waals surface area contributed by atoms with Gasteiger partial charge in [0.25, 0.3) is 0 Å². The fraction of sp³-hybridized carbons (Fsp3) is 0.857. The molecule has 16 heavy (non-hydrogen) atoms. The standard InChI is InChI=1S/C14H26O2/c1-7-8-9-10-11-12(13(2,3)4)14(5,6)16-15/h12,15H,7-9H2,1-6H3. The van der Waals surface area contributed by atoms with Crippen LogP contribution in [0.25, 0.3) is 0 Å². The minimum absolute atomic E-state index is 0.00849. The molecule has 1 N–H and O–H groups in total. The molecule has 0 aliphatic rings. The first-order valence-electron chi connectivity index (χ1n) is 6.06. The zero-order chi connectivity index (χ0) is 12.8. The van der Waals surface area contributed by atoms with Crippen LogP contribution in [0.3, 0.4) is 0 Å². The van der Waals surface area contributed by atoms with Crippen molar-refractivity contribution in [2.75, 3.05) is 0 Å². The Labute approximate surface area is 100 Å². The lowest BCUT2D eigenvalue weighted by Gasteiger charge is -2.36. The molecule has 0 fully saturated rings. The van der Waals surface area contributed by atoms with Gasteiger partial charge in [0.05, 0.1) is 5.92 Å². The number of unbranched alkanes of at least 4 members (excludes halogenated alkanes) is 2. The van der Waals surface area contributed by atoms with Gasteiger partial charge < -0.3 is 0 Å². The van der Waals surface area contributed by atoms with Crippen LogP contribution in [0.15, 0.2) is 0 Å². The van der Waals surface area contributed by atoms with Gasteiger partial charge in [-0.25, -0.2) is 4.89 Å². The third kappa shape index (κ3) is 5.01. The monoisotopic (exact) mass is 226 g/mol. The Balaban J connectivity index is 4.75. The van der Waals surface area contributed by atoms with Gasteiger partial charge in [-0.05, 0) is 25.7 Å². The first-order valence-corrected chi connectivity index (χ1v) is 6.06. The molecule has 2 heteroatoms. The Morgan fingerprint density at radius 1 is 1.19 bits per heavy atom. The molecule has 0 saturated heterocycles. The van der Waals surface area contributed by atoms with Crippen molar-refractivity contribution in [2.45, 2.75) is 66.4 Å². The quantitative estimate of drug-likeness (QED) is 0.338. The minimum atomic E-state index is -0.628. The van der Waals surface area contributed by atoms with E-state index in [0.29, 0.717) is 0 Å². The average Bonchev–Trinajstić information content (AvgIpc) is 2.15. The molecule has 0 aromatic rings. The van der Waals surface area contributed by atoms with E-state index in [-0.39, 0.29) is 11.3 Å². The highest BCUT2D eigenvalue weighted by Crippen LogP contribution is 2.35. The van der Waals surface area contributed by atoms with Gasteiger partial charge in [-0.2, -0.15) is 0 Å². The van der Waals surface area contributed by atoms with Crippen molar-refractivity contribution in [1.29, 1.82) is 0 Å². The van der Waals surface area contributed by atoms with Crippen LogP contribution in [-0.4, -0.2) is 10.9 Å². The van der Waals surface area contributed by atoms with E-state index in [1.54, 1.807) is 0 Å². The van der Waals surface area contributed by atoms with Gasteiger partial charge in [-0.3, -0.25) is 5.26 Å². The Bertz CT molecular complexity index is 250.